The van der Waals surface area contributed by atoms with E-state index in [1.165, 1.54) is 12.1 Å². The number of benzene rings is 2. The highest BCUT2D eigenvalue weighted by Gasteiger charge is 2.14. The molecule has 0 radical (unpaired) electrons. The Morgan fingerprint density at radius 1 is 1.14 bits per heavy atom. The molecule has 0 saturated carbocycles. The minimum absolute atomic E-state index is 0.0783. The maximum atomic E-state index is 11.3. The van der Waals surface area contributed by atoms with Crippen molar-refractivity contribution in [1.82, 2.24) is 0 Å². The molecule has 5 nitrogen and oxygen atoms in total. The predicted molar refractivity (Wildman–Crippen MR) is 80.7 cm³/mol. The van der Waals surface area contributed by atoms with Crippen LogP contribution in [0, 0.1) is 6.92 Å². The first-order valence-corrected chi connectivity index (χ1v) is 6.59. The Balaban J connectivity index is 2.07. The van der Waals surface area contributed by atoms with E-state index in [0.717, 1.165) is 5.39 Å². The van der Waals surface area contributed by atoms with Crippen molar-refractivity contribution in [2.24, 2.45) is 0 Å². The third kappa shape index (κ3) is 2.56. The van der Waals surface area contributed by atoms with Crippen molar-refractivity contribution < 1.29 is 19.1 Å². The SMILES string of the molecule is Cc1cccc(C(=O)O)c1Oc1ccc2ccc(=O)oc2c1. The molecule has 0 atom stereocenters. The summed E-state index contributed by atoms with van der Waals surface area (Å²) in [5, 5.41) is 10.00. The number of para-hydroxylation sites is 1. The van der Waals surface area contributed by atoms with Gasteiger partial charge in [-0.25, -0.2) is 9.59 Å². The topological polar surface area (TPSA) is 76.7 Å². The number of carbonyl (C=O) groups is 1. The summed E-state index contributed by atoms with van der Waals surface area (Å²) in [4.78, 5) is 22.5. The van der Waals surface area contributed by atoms with Gasteiger partial charge < -0.3 is 14.3 Å². The molecule has 110 valence electrons. The van der Waals surface area contributed by atoms with E-state index in [0.29, 0.717) is 16.9 Å². The summed E-state index contributed by atoms with van der Waals surface area (Å²) in [5.74, 6) is -0.391. The average molecular weight is 296 g/mol. The Bertz CT molecular complexity index is 924. The third-order valence-electron chi connectivity index (χ3n) is 3.26. The minimum atomic E-state index is -1.06. The number of rotatable bonds is 3. The van der Waals surface area contributed by atoms with E-state index >= 15 is 0 Å². The van der Waals surface area contributed by atoms with Crippen LogP contribution >= 0.6 is 0 Å². The molecule has 5 heteroatoms. The summed E-state index contributed by atoms with van der Waals surface area (Å²) >= 11 is 0. The molecule has 0 spiro atoms. The quantitative estimate of drug-likeness (QED) is 0.747. The second kappa shape index (κ2) is 5.37. The van der Waals surface area contributed by atoms with Gasteiger partial charge in [-0.05, 0) is 36.8 Å². The Kier molecular flexibility index (Phi) is 3.39. The Morgan fingerprint density at radius 3 is 2.68 bits per heavy atom. The fraction of sp³-hybridized carbons (Fsp3) is 0.0588. The van der Waals surface area contributed by atoms with Crippen LogP contribution in [0.3, 0.4) is 0 Å². The minimum Gasteiger partial charge on any atom is -0.478 e. The van der Waals surface area contributed by atoms with Gasteiger partial charge in [0.2, 0.25) is 0 Å². The van der Waals surface area contributed by atoms with Crippen molar-refractivity contribution in [3.63, 3.8) is 0 Å². The lowest BCUT2D eigenvalue weighted by Crippen LogP contribution is -2.01. The lowest BCUT2D eigenvalue weighted by atomic mass is 10.1. The third-order valence-corrected chi connectivity index (χ3v) is 3.26. The molecule has 3 aromatic rings. The van der Waals surface area contributed by atoms with Gasteiger partial charge >= 0.3 is 11.6 Å². The van der Waals surface area contributed by atoms with Crippen molar-refractivity contribution in [2.75, 3.05) is 0 Å². The van der Waals surface area contributed by atoms with Crippen LogP contribution < -0.4 is 10.4 Å². The summed E-state index contributed by atoms with van der Waals surface area (Å²) in [6.07, 6.45) is 0. The van der Waals surface area contributed by atoms with Crippen molar-refractivity contribution in [2.45, 2.75) is 6.92 Å². The van der Waals surface area contributed by atoms with E-state index in [4.69, 9.17) is 9.15 Å². The number of aryl methyl sites for hydroxylation is 1. The van der Waals surface area contributed by atoms with Crippen molar-refractivity contribution in [3.05, 3.63) is 70.1 Å². The maximum Gasteiger partial charge on any atom is 0.339 e. The van der Waals surface area contributed by atoms with Crippen LogP contribution in [0.1, 0.15) is 15.9 Å². The molecule has 22 heavy (non-hydrogen) atoms. The van der Waals surface area contributed by atoms with Gasteiger partial charge in [-0.1, -0.05) is 12.1 Å². The monoisotopic (exact) mass is 296 g/mol. The fourth-order valence-corrected chi connectivity index (χ4v) is 2.18. The van der Waals surface area contributed by atoms with Gasteiger partial charge in [0, 0.05) is 17.5 Å². The molecule has 0 amide bonds. The van der Waals surface area contributed by atoms with Crippen molar-refractivity contribution in [3.8, 4) is 11.5 Å². The highest BCUT2D eigenvalue weighted by atomic mass is 16.5. The predicted octanol–water partition coefficient (Wildman–Crippen LogP) is 3.59. The van der Waals surface area contributed by atoms with Crippen LogP contribution in [0.25, 0.3) is 11.0 Å². The molecule has 0 aliphatic heterocycles. The van der Waals surface area contributed by atoms with Crippen LogP contribution in [0.2, 0.25) is 0 Å². The second-order valence-corrected chi connectivity index (χ2v) is 4.81. The summed E-state index contributed by atoms with van der Waals surface area (Å²) < 4.78 is 10.8. The van der Waals surface area contributed by atoms with Crippen molar-refractivity contribution in [1.29, 1.82) is 0 Å². The molecule has 0 fully saturated rings. The average Bonchev–Trinajstić information content (AvgIpc) is 2.48. The van der Waals surface area contributed by atoms with E-state index in [-0.39, 0.29) is 11.3 Å². The van der Waals surface area contributed by atoms with Crippen LogP contribution in [-0.2, 0) is 0 Å². The normalized spacial score (nSPS) is 10.6. The second-order valence-electron chi connectivity index (χ2n) is 4.81. The van der Waals surface area contributed by atoms with Crippen molar-refractivity contribution >= 4 is 16.9 Å². The molecule has 0 bridgehead atoms. The summed E-state index contributed by atoms with van der Waals surface area (Å²) in [7, 11) is 0. The number of ether oxygens (including phenoxy) is 1. The van der Waals surface area contributed by atoms with Gasteiger partial charge in [-0.3, -0.25) is 0 Å². The number of hydrogen-bond acceptors (Lipinski definition) is 4. The Labute approximate surface area is 125 Å². The first-order chi connectivity index (χ1) is 10.5. The molecular weight excluding hydrogens is 284 g/mol. The van der Waals surface area contributed by atoms with Crippen LogP contribution in [0.4, 0.5) is 0 Å². The summed E-state index contributed by atoms with van der Waals surface area (Å²) in [5.41, 5.74) is 0.714. The Hall–Kier alpha value is -3.08. The molecule has 0 unspecified atom stereocenters. The maximum absolute atomic E-state index is 11.3. The fourth-order valence-electron chi connectivity index (χ4n) is 2.18. The zero-order valence-electron chi connectivity index (χ0n) is 11.7. The standard InChI is InChI=1S/C17H12O5/c1-10-3-2-4-13(17(19)20)16(10)21-12-7-5-11-6-8-15(18)22-14(11)9-12/h2-9H,1H3,(H,19,20). The molecule has 1 heterocycles. The number of fused-ring (bicyclic) bond motifs is 1. The van der Waals surface area contributed by atoms with Gasteiger partial charge in [-0.2, -0.15) is 0 Å². The van der Waals surface area contributed by atoms with E-state index in [9.17, 15) is 14.7 Å². The molecule has 0 aliphatic carbocycles. The molecule has 1 aromatic heterocycles. The largest absolute Gasteiger partial charge is 0.478 e. The summed E-state index contributed by atoms with van der Waals surface area (Å²) in [6.45, 7) is 1.77. The number of carboxylic acid groups (broad SMARTS) is 1. The van der Waals surface area contributed by atoms with Gasteiger partial charge in [0.05, 0.1) is 0 Å². The molecular formula is C17H12O5. The van der Waals surface area contributed by atoms with E-state index in [2.05, 4.69) is 0 Å². The first kappa shape index (κ1) is 13.9. The van der Waals surface area contributed by atoms with E-state index in [1.54, 1.807) is 43.3 Å². The van der Waals surface area contributed by atoms with Gasteiger partial charge in [0.15, 0.2) is 0 Å². The molecule has 0 aliphatic rings. The molecule has 0 saturated heterocycles. The zero-order valence-corrected chi connectivity index (χ0v) is 11.7. The van der Waals surface area contributed by atoms with E-state index in [1.807, 2.05) is 0 Å². The first-order valence-electron chi connectivity index (χ1n) is 6.59. The lowest BCUT2D eigenvalue weighted by Gasteiger charge is -2.11. The molecule has 2 aromatic carbocycles. The summed E-state index contributed by atoms with van der Waals surface area (Å²) in [6, 6.07) is 12.9. The molecule has 1 N–H and O–H groups in total. The van der Waals surface area contributed by atoms with Gasteiger partial charge in [0.1, 0.15) is 22.6 Å². The van der Waals surface area contributed by atoms with Crippen LogP contribution in [0.5, 0.6) is 11.5 Å². The Morgan fingerprint density at radius 2 is 1.91 bits per heavy atom. The number of aromatic carboxylic acids is 1. The smallest absolute Gasteiger partial charge is 0.339 e. The van der Waals surface area contributed by atoms with E-state index < -0.39 is 11.6 Å². The molecule has 3 rings (SSSR count). The lowest BCUT2D eigenvalue weighted by molar-refractivity contribution is 0.0694. The van der Waals surface area contributed by atoms with Gasteiger partial charge in [-0.15, -0.1) is 0 Å². The van der Waals surface area contributed by atoms with Crippen LogP contribution in [-0.4, -0.2) is 11.1 Å². The highest BCUT2D eigenvalue weighted by Crippen LogP contribution is 2.30. The number of carboxylic acids is 1. The zero-order chi connectivity index (χ0) is 15.7. The van der Waals surface area contributed by atoms with Crippen LogP contribution in [0.15, 0.2) is 57.7 Å². The highest BCUT2D eigenvalue weighted by molar-refractivity contribution is 5.91. The van der Waals surface area contributed by atoms with Gasteiger partial charge in [0.25, 0.3) is 0 Å². The number of hydrogen-bond donors (Lipinski definition) is 1.